The van der Waals surface area contributed by atoms with E-state index in [1.165, 1.54) is 27.8 Å². The number of imidazole rings is 1. The fourth-order valence-corrected chi connectivity index (χ4v) is 4.02. The minimum atomic E-state index is 0.463. The van der Waals surface area contributed by atoms with Gasteiger partial charge in [0.05, 0.1) is 17.6 Å². The first-order valence-electron chi connectivity index (χ1n) is 11.3. The van der Waals surface area contributed by atoms with E-state index in [-0.39, 0.29) is 0 Å². The predicted octanol–water partition coefficient (Wildman–Crippen LogP) is 7.30. The monoisotopic (exact) mass is 412 g/mol. The van der Waals surface area contributed by atoms with Gasteiger partial charge in [-0.05, 0) is 61.9 Å². The molecular weight excluding hydrogens is 380 g/mol. The topological polar surface area (TPSA) is 27.1 Å². The highest BCUT2D eigenvalue weighted by Gasteiger charge is 2.12. The molecule has 0 spiro atoms. The van der Waals surface area contributed by atoms with Crippen LogP contribution in [0.3, 0.4) is 0 Å². The number of aromatic nitrogens is 2. The molecule has 3 aromatic carbocycles. The van der Waals surface area contributed by atoms with Crippen molar-refractivity contribution in [3.05, 3.63) is 83.4 Å². The van der Waals surface area contributed by atoms with Crippen LogP contribution in [0.4, 0.5) is 0 Å². The molecule has 0 aliphatic heterocycles. The Kier molecular flexibility index (Phi) is 6.41. The zero-order chi connectivity index (χ0) is 21.8. The van der Waals surface area contributed by atoms with Crippen LogP contribution < -0.4 is 4.74 Å². The second-order valence-corrected chi connectivity index (χ2v) is 8.69. The van der Waals surface area contributed by atoms with Gasteiger partial charge in [0.15, 0.2) is 0 Å². The van der Waals surface area contributed by atoms with Gasteiger partial charge in [-0.1, -0.05) is 67.9 Å². The molecule has 0 aliphatic carbocycles. The lowest BCUT2D eigenvalue weighted by Gasteiger charge is -2.15. The molecule has 0 amide bonds. The van der Waals surface area contributed by atoms with Crippen molar-refractivity contribution in [1.29, 1.82) is 0 Å². The van der Waals surface area contributed by atoms with Crippen molar-refractivity contribution in [2.24, 2.45) is 0 Å². The SMILES string of the molecule is Cc1ccc(-c2nc3ccccc3n2CCCCOc2cc(C)ccc2C(C)C)cc1. The fraction of sp³-hybridized carbons (Fsp3) is 0.321. The highest BCUT2D eigenvalue weighted by atomic mass is 16.5. The van der Waals surface area contributed by atoms with Crippen LogP contribution in [0.5, 0.6) is 5.75 Å². The zero-order valence-electron chi connectivity index (χ0n) is 19.1. The summed E-state index contributed by atoms with van der Waals surface area (Å²) in [5, 5.41) is 0. The summed E-state index contributed by atoms with van der Waals surface area (Å²) < 4.78 is 8.54. The summed E-state index contributed by atoms with van der Waals surface area (Å²) in [6.07, 6.45) is 2.05. The highest BCUT2D eigenvalue weighted by Crippen LogP contribution is 2.28. The lowest BCUT2D eigenvalue weighted by atomic mass is 10.0. The van der Waals surface area contributed by atoms with Crippen LogP contribution in [0.15, 0.2) is 66.7 Å². The van der Waals surface area contributed by atoms with Gasteiger partial charge < -0.3 is 9.30 Å². The Labute approximate surface area is 185 Å². The molecule has 0 aliphatic rings. The summed E-state index contributed by atoms with van der Waals surface area (Å²) in [4.78, 5) is 4.93. The van der Waals surface area contributed by atoms with Gasteiger partial charge in [0, 0.05) is 12.1 Å². The fourth-order valence-electron chi connectivity index (χ4n) is 4.02. The minimum absolute atomic E-state index is 0.463. The smallest absolute Gasteiger partial charge is 0.141 e. The highest BCUT2D eigenvalue weighted by molar-refractivity contribution is 5.80. The van der Waals surface area contributed by atoms with Crippen molar-refractivity contribution in [3.63, 3.8) is 0 Å². The largest absolute Gasteiger partial charge is 0.493 e. The van der Waals surface area contributed by atoms with Crippen molar-refractivity contribution in [3.8, 4) is 17.1 Å². The first kappa shape index (κ1) is 21.2. The zero-order valence-corrected chi connectivity index (χ0v) is 19.1. The third kappa shape index (κ3) is 4.82. The van der Waals surface area contributed by atoms with Crippen LogP contribution in [0.1, 0.15) is 49.3 Å². The summed E-state index contributed by atoms with van der Waals surface area (Å²) in [5.41, 5.74) is 7.20. The summed E-state index contributed by atoms with van der Waals surface area (Å²) in [5.74, 6) is 2.54. The molecule has 1 aromatic heterocycles. The van der Waals surface area contributed by atoms with Crippen LogP contribution in [0, 0.1) is 13.8 Å². The van der Waals surface area contributed by atoms with Crippen molar-refractivity contribution >= 4 is 11.0 Å². The normalized spacial score (nSPS) is 11.4. The molecule has 1 heterocycles. The molecule has 0 radical (unpaired) electrons. The molecule has 0 atom stereocenters. The standard InChI is InChI=1S/C28H32N2O/c1-20(2)24-16-13-22(4)19-27(24)31-18-8-7-17-30-26-10-6-5-9-25(26)29-28(30)23-14-11-21(3)12-15-23/h5-6,9-16,19-20H,7-8,17-18H2,1-4H3. The number of fused-ring (bicyclic) bond motifs is 1. The number of hydrogen-bond acceptors (Lipinski definition) is 2. The maximum absolute atomic E-state index is 6.19. The van der Waals surface area contributed by atoms with Gasteiger partial charge >= 0.3 is 0 Å². The van der Waals surface area contributed by atoms with Gasteiger partial charge in [-0.3, -0.25) is 0 Å². The molecular formula is C28H32N2O. The van der Waals surface area contributed by atoms with Crippen LogP contribution in [-0.2, 0) is 6.54 Å². The lowest BCUT2D eigenvalue weighted by Crippen LogP contribution is -2.05. The molecule has 0 saturated carbocycles. The van der Waals surface area contributed by atoms with Crippen LogP contribution in [0.2, 0.25) is 0 Å². The Bertz CT molecular complexity index is 1160. The number of hydrogen-bond donors (Lipinski definition) is 0. The third-order valence-corrected chi connectivity index (χ3v) is 5.79. The van der Waals surface area contributed by atoms with E-state index in [4.69, 9.17) is 9.72 Å². The van der Waals surface area contributed by atoms with Crippen LogP contribution >= 0.6 is 0 Å². The van der Waals surface area contributed by atoms with Crippen LogP contribution in [0.25, 0.3) is 22.4 Å². The Morgan fingerprint density at radius 3 is 2.39 bits per heavy atom. The molecule has 0 bridgehead atoms. The van der Waals surface area contributed by atoms with E-state index in [2.05, 4.69) is 99.0 Å². The second-order valence-electron chi connectivity index (χ2n) is 8.69. The Morgan fingerprint density at radius 2 is 1.61 bits per heavy atom. The molecule has 3 heteroatoms. The first-order chi connectivity index (χ1) is 15.0. The molecule has 0 unspecified atom stereocenters. The number of ether oxygens (including phenoxy) is 1. The quantitative estimate of drug-likeness (QED) is 0.284. The number of rotatable bonds is 8. The summed E-state index contributed by atoms with van der Waals surface area (Å²) in [6.45, 7) is 10.3. The molecule has 0 fully saturated rings. The molecule has 3 nitrogen and oxygen atoms in total. The van der Waals surface area contributed by atoms with Gasteiger partial charge in [-0.25, -0.2) is 4.98 Å². The van der Waals surface area contributed by atoms with Gasteiger partial charge in [-0.15, -0.1) is 0 Å². The number of benzene rings is 3. The molecule has 0 saturated heterocycles. The number of aryl methyl sites for hydroxylation is 3. The summed E-state index contributed by atoms with van der Waals surface area (Å²) in [7, 11) is 0. The van der Waals surface area contributed by atoms with Crippen molar-refractivity contribution in [2.45, 2.75) is 53.0 Å². The maximum atomic E-state index is 6.19. The minimum Gasteiger partial charge on any atom is -0.493 e. The van der Waals surface area contributed by atoms with E-state index < -0.39 is 0 Å². The van der Waals surface area contributed by atoms with E-state index in [1.54, 1.807) is 0 Å². The molecule has 160 valence electrons. The molecule has 0 N–H and O–H groups in total. The molecule has 4 rings (SSSR count). The van der Waals surface area contributed by atoms with Gasteiger partial charge in [-0.2, -0.15) is 0 Å². The van der Waals surface area contributed by atoms with E-state index in [0.29, 0.717) is 5.92 Å². The average Bonchev–Trinajstić information content (AvgIpc) is 3.12. The van der Waals surface area contributed by atoms with Gasteiger partial charge in [0.2, 0.25) is 0 Å². The van der Waals surface area contributed by atoms with Gasteiger partial charge in [0.25, 0.3) is 0 Å². The number of unbranched alkanes of at least 4 members (excludes halogenated alkanes) is 1. The second kappa shape index (κ2) is 9.38. The Morgan fingerprint density at radius 1 is 0.871 bits per heavy atom. The predicted molar refractivity (Wildman–Crippen MR) is 130 cm³/mol. The van der Waals surface area contributed by atoms with Crippen molar-refractivity contribution < 1.29 is 4.74 Å². The Hall–Kier alpha value is -3.07. The van der Waals surface area contributed by atoms with E-state index in [9.17, 15) is 0 Å². The summed E-state index contributed by atoms with van der Waals surface area (Å²) >= 11 is 0. The first-order valence-corrected chi connectivity index (χ1v) is 11.3. The Balaban J connectivity index is 1.46. The molecule has 4 aromatic rings. The maximum Gasteiger partial charge on any atom is 0.141 e. The number of nitrogens with zero attached hydrogens (tertiary/aromatic N) is 2. The lowest BCUT2D eigenvalue weighted by molar-refractivity contribution is 0.299. The van der Waals surface area contributed by atoms with Gasteiger partial charge in [0.1, 0.15) is 11.6 Å². The van der Waals surface area contributed by atoms with E-state index in [1.807, 2.05) is 0 Å². The third-order valence-electron chi connectivity index (χ3n) is 5.79. The average molecular weight is 413 g/mol. The summed E-state index contributed by atoms with van der Waals surface area (Å²) in [6, 6.07) is 23.6. The number of para-hydroxylation sites is 2. The van der Waals surface area contributed by atoms with E-state index in [0.717, 1.165) is 43.1 Å². The van der Waals surface area contributed by atoms with Crippen LogP contribution in [-0.4, -0.2) is 16.2 Å². The van der Waals surface area contributed by atoms with Crippen molar-refractivity contribution in [1.82, 2.24) is 9.55 Å². The molecule has 31 heavy (non-hydrogen) atoms. The van der Waals surface area contributed by atoms with Crippen molar-refractivity contribution in [2.75, 3.05) is 6.61 Å². The van der Waals surface area contributed by atoms with E-state index >= 15 is 0 Å².